The molecule has 0 saturated carbocycles. The third-order valence-electron chi connectivity index (χ3n) is 5.67. The molecule has 0 unspecified atom stereocenters. The number of unbranched alkanes of at least 4 members (excludes halogenated alkanes) is 1. The monoisotopic (exact) mass is 462 g/mol. The molecular formula is C28H40N2Ni. The molecule has 0 aliphatic heterocycles. The number of nitrogens with zero attached hydrogens (tertiary/aromatic N) is 2. The first-order chi connectivity index (χ1) is 14.6. The molecule has 0 spiro atoms. The van der Waals surface area contributed by atoms with E-state index < -0.39 is 0 Å². The summed E-state index contributed by atoms with van der Waals surface area (Å²) < 4.78 is 0. The summed E-state index contributed by atoms with van der Waals surface area (Å²) in [6.45, 7) is 13.3. The van der Waals surface area contributed by atoms with E-state index in [-0.39, 0.29) is 16.5 Å². The van der Waals surface area contributed by atoms with Gasteiger partial charge in [0.2, 0.25) is 0 Å². The maximum absolute atomic E-state index is 5.15. The van der Waals surface area contributed by atoms with Crippen molar-refractivity contribution in [3.8, 4) is 0 Å². The van der Waals surface area contributed by atoms with Crippen LogP contribution >= 0.6 is 0 Å². The van der Waals surface area contributed by atoms with Crippen molar-refractivity contribution < 1.29 is 16.5 Å². The Morgan fingerprint density at radius 3 is 1.29 bits per heavy atom. The predicted molar refractivity (Wildman–Crippen MR) is 134 cm³/mol. The van der Waals surface area contributed by atoms with Crippen molar-refractivity contribution in [1.82, 2.24) is 0 Å². The van der Waals surface area contributed by atoms with Crippen LogP contribution in [-0.2, 0) is 42.2 Å². The number of hydrogen-bond acceptors (Lipinski definition) is 2. The van der Waals surface area contributed by atoms with Crippen molar-refractivity contribution in [1.29, 1.82) is 0 Å². The van der Waals surface area contributed by atoms with Gasteiger partial charge in [0.05, 0.1) is 22.8 Å². The zero-order chi connectivity index (χ0) is 21.9. The van der Waals surface area contributed by atoms with Gasteiger partial charge < -0.3 is 0 Å². The van der Waals surface area contributed by atoms with Crippen LogP contribution in [0.1, 0.15) is 89.5 Å². The Kier molecular flexibility index (Phi) is 12.6. The average molecular weight is 463 g/mol. The molecule has 2 rings (SSSR count). The van der Waals surface area contributed by atoms with E-state index >= 15 is 0 Å². The van der Waals surface area contributed by atoms with Crippen molar-refractivity contribution in [2.45, 2.75) is 92.9 Å². The summed E-state index contributed by atoms with van der Waals surface area (Å²) in [7, 11) is 0. The average Bonchev–Trinajstić information content (AvgIpc) is 2.79. The van der Waals surface area contributed by atoms with E-state index in [0.717, 1.165) is 74.2 Å². The number of benzene rings is 2. The molecule has 0 aromatic heterocycles. The maximum atomic E-state index is 5.15. The van der Waals surface area contributed by atoms with E-state index in [1.807, 2.05) is 0 Å². The summed E-state index contributed by atoms with van der Waals surface area (Å²) in [6, 6.07) is 13.6. The molecule has 0 fully saturated rings. The van der Waals surface area contributed by atoms with Crippen LogP contribution in [0.25, 0.3) is 0 Å². The summed E-state index contributed by atoms with van der Waals surface area (Å²) in [5.41, 5.74) is 9.87. The fourth-order valence-electron chi connectivity index (χ4n) is 3.70. The second kappa shape index (κ2) is 14.4. The summed E-state index contributed by atoms with van der Waals surface area (Å²) in [6.07, 6.45) is 8.34. The minimum atomic E-state index is 0. The van der Waals surface area contributed by atoms with Crippen LogP contribution < -0.4 is 0 Å². The summed E-state index contributed by atoms with van der Waals surface area (Å²) in [5, 5.41) is 0. The molecule has 2 aromatic rings. The van der Waals surface area contributed by atoms with E-state index in [1.54, 1.807) is 0 Å². The van der Waals surface area contributed by atoms with Crippen molar-refractivity contribution in [3.63, 3.8) is 0 Å². The van der Waals surface area contributed by atoms with Gasteiger partial charge in [0.25, 0.3) is 0 Å². The zero-order valence-corrected chi connectivity index (χ0v) is 21.3. The topological polar surface area (TPSA) is 24.7 Å². The van der Waals surface area contributed by atoms with Gasteiger partial charge in [0.1, 0.15) is 0 Å². The van der Waals surface area contributed by atoms with E-state index in [0.29, 0.717) is 0 Å². The Morgan fingerprint density at radius 2 is 0.968 bits per heavy atom. The summed E-state index contributed by atoms with van der Waals surface area (Å²) >= 11 is 0. The van der Waals surface area contributed by atoms with Crippen LogP contribution in [0, 0.1) is 0 Å². The molecule has 3 heteroatoms. The quantitative estimate of drug-likeness (QED) is 0.236. The summed E-state index contributed by atoms with van der Waals surface area (Å²) in [4.78, 5) is 10.3. The third kappa shape index (κ3) is 8.38. The molecular weight excluding hydrogens is 423 g/mol. The Hall–Kier alpha value is -1.73. The first kappa shape index (κ1) is 27.3. The van der Waals surface area contributed by atoms with Crippen LogP contribution in [0.15, 0.2) is 46.4 Å². The minimum Gasteiger partial charge on any atom is -0.252 e. The smallest absolute Gasteiger partial charge is 0.0639 e. The van der Waals surface area contributed by atoms with Gasteiger partial charge in [-0.1, -0.05) is 60.1 Å². The van der Waals surface area contributed by atoms with Crippen molar-refractivity contribution >= 4 is 22.8 Å². The zero-order valence-electron chi connectivity index (χ0n) is 20.3. The molecule has 0 amide bonds. The Bertz CT molecular complexity index is 836. The second-order valence-electron chi connectivity index (χ2n) is 8.00. The first-order valence-electron chi connectivity index (χ1n) is 12.0. The largest absolute Gasteiger partial charge is 0.252 e. The predicted octanol–water partition coefficient (Wildman–Crippen LogP) is 8.38. The van der Waals surface area contributed by atoms with Crippen LogP contribution in [0.2, 0.25) is 0 Å². The van der Waals surface area contributed by atoms with Gasteiger partial charge in [-0.25, -0.2) is 0 Å². The third-order valence-corrected chi connectivity index (χ3v) is 5.67. The molecule has 31 heavy (non-hydrogen) atoms. The molecule has 0 atom stereocenters. The summed E-state index contributed by atoms with van der Waals surface area (Å²) in [5.74, 6) is 0. The molecule has 0 N–H and O–H groups in total. The van der Waals surface area contributed by atoms with Gasteiger partial charge in [0, 0.05) is 16.5 Å². The first-order valence-corrected chi connectivity index (χ1v) is 12.0. The Labute approximate surface area is 200 Å². The molecule has 2 nitrogen and oxygen atoms in total. The van der Waals surface area contributed by atoms with Gasteiger partial charge in [-0.2, -0.15) is 0 Å². The standard InChI is InChI=1S/C28H40N2.Ni/c1-7-13-14-28(30-26-19-23(10-4)16-24(11-5)20-26)27(12-6)29-25-17-21(8-2)15-22(9-3)18-25;/h15-20H,7-14H2,1-6H3;. The molecule has 0 heterocycles. The molecule has 0 aliphatic rings. The van der Waals surface area contributed by atoms with Crippen LogP contribution in [0.3, 0.4) is 0 Å². The number of aryl methyl sites for hydroxylation is 4. The van der Waals surface area contributed by atoms with Crippen LogP contribution in [0.5, 0.6) is 0 Å². The normalized spacial score (nSPS) is 12.1. The van der Waals surface area contributed by atoms with Gasteiger partial charge in [-0.15, -0.1) is 0 Å². The van der Waals surface area contributed by atoms with Gasteiger partial charge >= 0.3 is 0 Å². The van der Waals surface area contributed by atoms with Gasteiger partial charge in [-0.05, 0) is 91.5 Å². The van der Waals surface area contributed by atoms with Crippen LogP contribution in [0.4, 0.5) is 11.4 Å². The van der Waals surface area contributed by atoms with E-state index in [4.69, 9.17) is 9.98 Å². The number of hydrogen-bond donors (Lipinski definition) is 0. The molecule has 0 saturated heterocycles. The van der Waals surface area contributed by atoms with Crippen LogP contribution in [-0.4, -0.2) is 11.4 Å². The number of aliphatic imine (C=N–C) groups is 2. The van der Waals surface area contributed by atoms with E-state index in [9.17, 15) is 0 Å². The van der Waals surface area contributed by atoms with Crippen molar-refractivity contribution in [3.05, 3.63) is 58.7 Å². The molecule has 0 aliphatic carbocycles. The maximum Gasteiger partial charge on any atom is 0.0639 e. The molecule has 0 radical (unpaired) electrons. The fourth-order valence-corrected chi connectivity index (χ4v) is 3.70. The molecule has 0 bridgehead atoms. The van der Waals surface area contributed by atoms with Gasteiger partial charge in [-0.3, -0.25) is 9.98 Å². The Balaban J connectivity index is 0.00000480. The van der Waals surface area contributed by atoms with Crippen molar-refractivity contribution in [2.75, 3.05) is 0 Å². The SMILES string of the molecule is CCCCC(=Nc1cc(CC)cc(CC)c1)C(CC)=Nc1cc(CC)cc(CC)c1.[Ni]. The molecule has 2 aromatic carbocycles. The van der Waals surface area contributed by atoms with Gasteiger partial charge in [0.15, 0.2) is 0 Å². The second-order valence-corrected chi connectivity index (χ2v) is 8.00. The van der Waals surface area contributed by atoms with E-state index in [1.165, 1.54) is 22.3 Å². The Morgan fingerprint density at radius 1 is 0.581 bits per heavy atom. The molecule has 172 valence electrons. The number of rotatable bonds is 11. The van der Waals surface area contributed by atoms with E-state index in [2.05, 4.69) is 77.9 Å². The fraction of sp³-hybridized carbons (Fsp3) is 0.500. The van der Waals surface area contributed by atoms with Crippen molar-refractivity contribution in [2.24, 2.45) is 9.98 Å². The minimum absolute atomic E-state index is 0.